The molecule has 37 heavy (non-hydrogen) atoms. The number of anilines is 5. The van der Waals surface area contributed by atoms with Crippen LogP contribution in [0.3, 0.4) is 0 Å². The van der Waals surface area contributed by atoms with E-state index in [1.807, 2.05) is 60.7 Å². The summed E-state index contributed by atoms with van der Waals surface area (Å²) < 4.78 is 9.88. The van der Waals surface area contributed by atoms with E-state index in [4.69, 9.17) is 9.72 Å². The van der Waals surface area contributed by atoms with E-state index in [0.717, 1.165) is 0 Å². The summed E-state index contributed by atoms with van der Waals surface area (Å²) >= 11 is 0. The molecule has 1 aromatic heterocycles. The number of nitrogens with zero attached hydrogens (tertiary/aromatic N) is 5. The first-order chi connectivity index (χ1) is 17.4. The Morgan fingerprint density at radius 3 is 1.89 bits per heavy atom. The molecular formula is C26H34N6O3Si2. The maximum atomic E-state index is 13.7. The molecule has 1 aliphatic rings. The third kappa shape index (κ3) is 5.52. The predicted octanol–water partition coefficient (Wildman–Crippen LogP) is 6.03. The van der Waals surface area contributed by atoms with E-state index in [9.17, 15) is 9.59 Å². The molecule has 0 atom stereocenters. The zero-order valence-electron chi connectivity index (χ0n) is 22.4. The fourth-order valence-electron chi connectivity index (χ4n) is 4.29. The minimum atomic E-state index is -2.20. The van der Waals surface area contributed by atoms with E-state index in [1.54, 1.807) is 4.57 Å². The van der Waals surface area contributed by atoms with Gasteiger partial charge in [-0.25, -0.2) is 9.69 Å². The minimum absolute atomic E-state index is 0.104. The minimum Gasteiger partial charge on any atom is -0.388 e. The van der Waals surface area contributed by atoms with Crippen molar-refractivity contribution in [2.24, 2.45) is 0 Å². The van der Waals surface area contributed by atoms with Crippen molar-refractivity contribution in [3.8, 4) is 5.88 Å². The van der Waals surface area contributed by atoms with Gasteiger partial charge in [-0.15, -0.1) is 0 Å². The Kier molecular flexibility index (Phi) is 7.11. The van der Waals surface area contributed by atoms with Gasteiger partial charge in [0.15, 0.2) is 22.3 Å². The summed E-state index contributed by atoms with van der Waals surface area (Å²) in [6.45, 7) is 14.8. The molecule has 0 fully saturated rings. The van der Waals surface area contributed by atoms with Gasteiger partial charge in [-0.05, 0) is 24.3 Å². The summed E-state index contributed by atoms with van der Waals surface area (Å²) in [6.07, 6.45) is -0.611. The fourth-order valence-corrected chi connectivity index (χ4v) is 7.28. The van der Waals surface area contributed by atoms with Gasteiger partial charge in [-0.3, -0.25) is 4.79 Å². The molecule has 2 aromatic carbocycles. The number of hydrogen-bond acceptors (Lipinski definition) is 7. The summed E-state index contributed by atoms with van der Waals surface area (Å²) in [7, 11) is -4.06. The lowest BCUT2D eigenvalue weighted by molar-refractivity contribution is -0.115. The first-order valence-corrected chi connectivity index (χ1v) is 19.1. The average Bonchev–Trinajstić information content (AvgIpc) is 3.24. The molecule has 0 saturated carbocycles. The maximum absolute atomic E-state index is 13.7. The number of hydrogen-bond donors (Lipinski definition) is 1. The number of carbonyl (C=O) groups is 2. The van der Waals surface area contributed by atoms with Gasteiger partial charge in [0.05, 0.1) is 18.0 Å². The van der Waals surface area contributed by atoms with Gasteiger partial charge in [0.1, 0.15) is 5.69 Å². The molecule has 0 spiro atoms. The second-order valence-corrected chi connectivity index (χ2v) is 20.5. The van der Waals surface area contributed by atoms with Crippen molar-refractivity contribution >= 4 is 57.3 Å². The van der Waals surface area contributed by atoms with Crippen LogP contribution in [0.2, 0.25) is 39.3 Å². The largest absolute Gasteiger partial charge is 0.425 e. The topological polar surface area (TPSA) is 90.9 Å². The number of fused-ring (bicyclic) bond motifs is 1. The van der Waals surface area contributed by atoms with Crippen LogP contribution in [0, 0.1) is 0 Å². The predicted molar refractivity (Wildman–Crippen MR) is 154 cm³/mol. The Labute approximate surface area is 220 Å². The summed E-state index contributed by atoms with van der Waals surface area (Å²) in [5.74, 6) is 0.873. The van der Waals surface area contributed by atoms with Crippen LogP contribution in [0.4, 0.5) is 33.6 Å². The summed E-state index contributed by atoms with van der Waals surface area (Å²) in [5, 5.41) is 3.33. The normalized spacial score (nSPS) is 13.0. The number of para-hydroxylation sites is 2. The second kappa shape index (κ2) is 9.98. The van der Waals surface area contributed by atoms with Crippen LogP contribution in [0.5, 0.6) is 5.88 Å². The smallest absolute Gasteiger partial charge is 0.388 e. The highest BCUT2D eigenvalue weighted by atomic mass is 28.3. The fraction of sp³-hybridized carbons (Fsp3) is 0.308. The zero-order chi connectivity index (χ0) is 27.0. The van der Waals surface area contributed by atoms with Gasteiger partial charge in [0, 0.05) is 6.92 Å². The van der Waals surface area contributed by atoms with Crippen LogP contribution in [-0.4, -0.2) is 45.1 Å². The Bertz CT molecular complexity index is 1250. The van der Waals surface area contributed by atoms with Gasteiger partial charge in [0.2, 0.25) is 11.9 Å². The Balaban J connectivity index is 1.83. The number of aromatic nitrogens is 2. The summed E-state index contributed by atoms with van der Waals surface area (Å²) in [4.78, 5) is 37.5. The number of amides is 2. The molecule has 1 aliphatic heterocycles. The van der Waals surface area contributed by atoms with Crippen molar-refractivity contribution in [2.75, 3.05) is 26.0 Å². The Hall–Kier alpha value is -3.71. The van der Waals surface area contributed by atoms with E-state index in [-0.39, 0.29) is 17.7 Å². The van der Waals surface area contributed by atoms with Gasteiger partial charge >= 0.3 is 6.09 Å². The molecule has 1 N–H and O–H groups in total. The van der Waals surface area contributed by atoms with E-state index in [2.05, 4.69) is 54.1 Å². The highest BCUT2D eigenvalue weighted by Crippen LogP contribution is 2.41. The third-order valence-corrected chi connectivity index (χ3v) is 9.75. The standard InChI is InChI=1S/C26H34N6O3Si2/c1-19(33)32(37(5,6)7)25-28-23-22(27-18-30(23)36(2,3)4)24(29-25)35-26(34)31(20-14-10-8-11-15-20)21-16-12-9-13-17-21/h8-17,27H,18H2,1-7H3. The average molecular weight is 535 g/mol. The van der Waals surface area contributed by atoms with Crippen LogP contribution in [0.25, 0.3) is 0 Å². The highest BCUT2D eigenvalue weighted by molar-refractivity contribution is 6.83. The van der Waals surface area contributed by atoms with Gasteiger partial charge in [0.25, 0.3) is 5.88 Å². The molecular weight excluding hydrogens is 500 g/mol. The van der Waals surface area contributed by atoms with E-state index >= 15 is 0 Å². The molecule has 3 aromatic rings. The summed E-state index contributed by atoms with van der Waals surface area (Å²) in [6, 6.07) is 18.6. The molecule has 2 amide bonds. The Morgan fingerprint density at radius 2 is 1.43 bits per heavy atom. The van der Waals surface area contributed by atoms with Crippen molar-refractivity contribution in [3.63, 3.8) is 0 Å². The van der Waals surface area contributed by atoms with Crippen LogP contribution in [0.15, 0.2) is 60.7 Å². The van der Waals surface area contributed by atoms with Gasteiger partial charge in [-0.2, -0.15) is 9.97 Å². The van der Waals surface area contributed by atoms with Crippen molar-refractivity contribution in [2.45, 2.75) is 46.2 Å². The van der Waals surface area contributed by atoms with E-state index in [1.165, 1.54) is 11.8 Å². The van der Waals surface area contributed by atoms with Crippen molar-refractivity contribution < 1.29 is 14.3 Å². The molecule has 9 nitrogen and oxygen atoms in total. The SMILES string of the molecule is CC(=O)N(c1nc(OC(=O)N(c2ccccc2)c2ccccc2)c2c(n1)N([Si](C)(C)C)CN2)[Si](C)(C)C. The molecule has 0 aliphatic carbocycles. The second-order valence-electron chi connectivity index (χ2n) is 10.9. The van der Waals surface area contributed by atoms with Crippen molar-refractivity contribution in [1.82, 2.24) is 9.97 Å². The molecule has 11 heteroatoms. The van der Waals surface area contributed by atoms with E-state index < -0.39 is 22.6 Å². The number of nitrogens with one attached hydrogen (secondary N) is 1. The molecule has 4 rings (SSSR count). The van der Waals surface area contributed by atoms with Crippen LogP contribution in [-0.2, 0) is 4.79 Å². The molecule has 2 heterocycles. The first kappa shape index (κ1) is 26.4. The van der Waals surface area contributed by atoms with Crippen LogP contribution < -0.4 is 24.1 Å². The Morgan fingerprint density at radius 1 is 0.892 bits per heavy atom. The summed E-state index contributed by atoms with van der Waals surface area (Å²) in [5.41, 5.74) is 1.88. The number of rotatable bonds is 6. The molecule has 0 bridgehead atoms. The maximum Gasteiger partial charge on any atom is 0.425 e. The quantitative estimate of drug-likeness (QED) is 0.386. The molecule has 0 radical (unpaired) electrons. The highest BCUT2D eigenvalue weighted by Gasteiger charge is 2.38. The van der Waals surface area contributed by atoms with Crippen LogP contribution in [0.1, 0.15) is 6.92 Å². The van der Waals surface area contributed by atoms with Crippen molar-refractivity contribution in [3.05, 3.63) is 60.7 Å². The van der Waals surface area contributed by atoms with Gasteiger partial charge in [-0.1, -0.05) is 75.7 Å². The molecule has 0 unspecified atom stereocenters. The number of ether oxygens (including phenoxy) is 1. The number of benzene rings is 2. The van der Waals surface area contributed by atoms with Crippen LogP contribution >= 0.6 is 0 Å². The monoisotopic (exact) mass is 534 g/mol. The van der Waals surface area contributed by atoms with Crippen molar-refractivity contribution in [1.29, 1.82) is 0 Å². The first-order valence-electron chi connectivity index (χ1n) is 12.2. The third-order valence-electron chi connectivity index (χ3n) is 5.91. The number of carbonyl (C=O) groups excluding carboxylic acids is 2. The lowest BCUT2D eigenvalue weighted by Crippen LogP contribution is -2.50. The lowest BCUT2D eigenvalue weighted by atomic mass is 10.2. The van der Waals surface area contributed by atoms with Gasteiger partial charge < -0.3 is 19.2 Å². The molecule has 194 valence electrons. The lowest BCUT2D eigenvalue weighted by Gasteiger charge is -2.34. The zero-order valence-corrected chi connectivity index (χ0v) is 24.4. The molecule has 0 saturated heterocycles. The van der Waals surface area contributed by atoms with E-state index in [0.29, 0.717) is 29.5 Å².